The van der Waals surface area contributed by atoms with Crippen molar-refractivity contribution in [1.82, 2.24) is 4.98 Å². The Morgan fingerprint density at radius 2 is 2.29 bits per heavy atom. The van der Waals surface area contributed by atoms with Crippen molar-refractivity contribution in [2.24, 2.45) is 5.92 Å². The fourth-order valence-electron chi connectivity index (χ4n) is 1.08. The molecule has 94 valence electrons. The molecular weight excluding hydrogens is 222 g/mol. The average molecular weight is 239 g/mol. The fourth-order valence-corrected chi connectivity index (χ4v) is 1.08. The number of carboxylic acid groups (broad SMARTS) is 1. The molecule has 1 aromatic heterocycles. The molecule has 0 fully saturated rings. The lowest BCUT2D eigenvalue weighted by Gasteiger charge is -2.11. The van der Waals surface area contributed by atoms with Gasteiger partial charge in [0.15, 0.2) is 0 Å². The molecule has 0 saturated heterocycles. The summed E-state index contributed by atoms with van der Waals surface area (Å²) in [6.07, 6.45) is 0. The molecule has 6 nitrogen and oxygen atoms in total. The molecule has 0 spiro atoms. The predicted octanol–water partition coefficient (Wildman–Crippen LogP) is 1.20. The van der Waals surface area contributed by atoms with Gasteiger partial charge in [-0.25, -0.2) is 0 Å². The van der Waals surface area contributed by atoms with Gasteiger partial charge in [-0.3, -0.25) is 4.79 Å². The van der Waals surface area contributed by atoms with E-state index in [1.807, 2.05) is 13.8 Å². The minimum Gasteiger partial charge on any atom is -0.480 e. The second-order valence-electron chi connectivity index (χ2n) is 4.04. The quantitative estimate of drug-likeness (QED) is 0.690. The van der Waals surface area contributed by atoms with E-state index in [9.17, 15) is 4.79 Å². The maximum absolute atomic E-state index is 10.4. The number of nitrogens with two attached hydrogens (primary N) is 1. The number of aliphatic carboxylic acids is 1. The molecule has 6 heteroatoms. The lowest BCUT2D eigenvalue weighted by Crippen LogP contribution is -2.14. The van der Waals surface area contributed by atoms with E-state index in [2.05, 4.69) is 10.3 Å². The highest BCUT2D eigenvalue weighted by molar-refractivity contribution is 5.72. The van der Waals surface area contributed by atoms with E-state index in [1.54, 1.807) is 12.1 Å². The number of nitrogens with one attached hydrogen (secondary N) is 1. The first-order chi connectivity index (χ1) is 7.99. The highest BCUT2D eigenvalue weighted by Crippen LogP contribution is 2.21. The molecule has 0 aliphatic rings. The Balaban J connectivity index is 2.68. The van der Waals surface area contributed by atoms with Crippen molar-refractivity contribution in [3.63, 3.8) is 0 Å². The van der Waals surface area contributed by atoms with Gasteiger partial charge in [0.2, 0.25) is 5.88 Å². The first kappa shape index (κ1) is 13.1. The zero-order valence-electron chi connectivity index (χ0n) is 9.93. The standard InChI is InChI=1S/C11H17N3O3/c1-7(2)6-17-11-8(12)3-4-9(14-11)13-5-10(15)16/h3-4,7H,5-6,12H2,1-2H3,(H,13,14)(H,15,16). The predicted molar refractivity (Wildman–Crippen MR) is 65.1 cm³/mol. The van der Waals surface area contributed by atoms with Crippen molar-refractivity contribution in [2.45, 2.75) is 13.8 Å². The van der Waals surface area contributed by atoms with E-state index in [1.165, 1.54) is 0 Å². The highest BCUT2D eigenvalue weighted by Gasteiger charge is 2.06. The van der Waals surface area contributed by atoms with E-state index in [4.69, 9.17) is 15.6 Å². The molecule has 0 bridgehead atoms. The smallest absolute Gasteiger partial charge is 0.322 e. The van der Waals surface area contributed by atoms with Crippen molar-refractivity contribution in [2.75, 3.05) is 24.2 Å². The number of nitrogens with zero attached hydrogens (tertiary/aromatic N) is 1. The molecule has 4 N–H and O–H groups in total. The molecule has 0 amide bonds. The summed E-state index contributed by atoms with van der Waals surface area (Å²) in [5.74, 6) is 0.176. The SMILES string of the molecule is CC(C)COc1nc(NCC(=O)O)ccc1N. The van der Waals surface area contributed by atoms with Gasteiger partial charge in [0.05, 0.1) is 12.3 Å². The van der Waals surface area contributed by atoms with Crippen LogP contribution in [-0.4, -0.2) is 29.2 Å². The average Bonchev–Trinajstić information content (AvgIpc) is 2.26. The second kappa shape index (κ2) is 5.93. The van der Waals surface area contributed by atoms with Gasteiger partial charge in [0.25, 0.3) is 0 Å². The summed E-state index contributed by atoms with van der Waals surface area (Å²) in [4.78, 5) is 14.5. The Morgan fingerprint density at radius 3 is 2.88 bits per heavy atom. The number of nitrogen functional groups attached to an aromatic ring is 1. The Labute approximate surface area is 99.8 Å². The van der Waals surface area contributed by atoms with Crippen LogP contribution in [0.2, 0.25) is 0 Å². The van der Waals surface area contributed by atoms with Crippen LogP contribution in [0.25, 0.3) is 0 Å². The zero-order chi connectivity index (χ0) is 12.8. The first-order valence-corrected chi connectivity index (χ1v) is 5.34. The summed E-state index contributed by atoms with van der Waals surface area (Å²) in [6.45, 7) is 4.35. The van der Waals surface area contributed by atoms with Gasteiger partial charge in [-0.1, -0.05) is 13.8 Å². The largest absolute Gasteiger partial charge is 0.480 e. The maximum Gasteiger partial charge on any atom is 0.322 e. The van der Waals surface area contributed by atoms with Crippen LogP contribution in [0.4, 0.5) is 11.5 Å². The topological polar surface area (TPSA) is 97.5 Å². The number of hydrogen-bond donors (Lipinski definition) is 3. The van der Waals surface area contributed by atoms with E-state index < -0.39 is 5.97 Å². The number of anilines is 2. The molecule has 0 aliphatic carbocycles. The molecule has 17 heavy (non-hydrogen) atoms. The molecule has 0 unspecified atom stereocenters. The van der Waals surface area contributed by atoms with E-state index in [0.29, 0.717) is 29.9 Å². The van der Waals surface area contributed by atoms with Crippen LogP contribution < -0.4 is 15.8 Å². The van der Waals surface area contributed by atoms with Gasteiger partial charge < -0.3 is 20.9 Å². The van der Waals surface area contributed by atoms with Gasteiger partial charge in [-0.05, 0) is 18.1 Å². The number of ether oxygens (including phenoxy) is 1. The number of aromatic nitrogens is 1. The van der Waals surface area contributed by atoms with E-state index >= 15 is 0 Å². The fraction of sp³-hybridized carbons (Fsp3) is 0.455. The molecule has 0 aromatic carbocycles. The molecule has 1 heterocycles. The Kier molecular flexibility index (Phi) is 4.56. The van der Waals surface area contributed by atoms with Crippen LogP contribution in [0.1, 0.15) is 13.8 Å². The Bertz CT molecular complexity index is 394. The van der Waals surface area contributed by atoms with Crippen molar-refractivity contribution >= 4 is 17.5 Å². The Morgan fingerprint density at radius 1 is 1.59 bits per heavy atom. The number of pyridine rings is 1. The lowest BCUT2D eigenvalue weighted by atomic mass is 10.2. The van der Waals surface area contributed by atoms with Gasteiger partial charge in [0, 0.05) is 0 Å². The summed E-state index contributed by atoms with van der Waals surface area (Å²) < 4.78 is 5.42. The molecule has 1 rings (SSSR count). The van der Waals surface area contributed by atoms with Crippen LogP contribution in [0.3, 0.4) is 0 Å². The molecular formula is C11H17N3O3. The molecule has 0 radical (unpaired) electrons. The number of carbonyl (C=O) groups is 1. The third kappa shape index (κ3) is 4.58. The van der Waals surface area contributed by atoms with Crippen LogP contribution in [0.15, 0.2) is 12.1 Å². The third-order valence-corrected chi connectivity index (χ3v) is 1.86. The highest BCUT2D eigenvalue weighted by atomic mass is 16.5. The minimum atomic E-state index is -0.951. The summed E-state index contributed by atoms with van der Waals surface area (Å²) in [6, 6.07) is 3.24. The van der Waals surface area contributed by atoms with Gasteiger partial charge in [-0.2, -0.15) is 4.98 Å². The summed E-state index contributed by atoms with van der Waals surface area (Å²) >= 11 is 0. The first-order valence-electron chi connectivity index (χ1n) is 5.34. The number of rotatable bonds is 6. The Hall–Kier alpha value is -1.98. The van der Waals surface area contributed by atoms with Crippen LogP contribution in [0, 0.1) is 5.92 Å². The third-order valence-electron chi connectivity index (χ3n) is 1.86. The van der Waals surface area contributed by atoms with Crippen molar-refractivity contribution in [1.29, 1.82) is 0 Å². The molecule has 0 atom stereocenters. The lowest BCUT2D eigenvalue weighted by molar-refractivity contribution is -0.134. The maximum atomic E-state index is 10.4. The van der Waals surface area contributed by atoms with Crippen molar-refractivity contribution < 1.29 is 14.6 Å². The summed E-state index contributed by atoms with van der Waals surface area (Å²) in [7, 11) is 0. The van der Waals surface area contributed by atoms with Gasteiger partial charge in [0.1, 0.15) is 12.4 Å². The molecule has 1 aromatic rings. The summed E-state index contributed by atoms with van der Waals surface area (Å²) in [5.41, 5.74) is 6.14. The van der Waals surface area contributed by atoms with Gasteiger partial charge in [-0.15, -0.1) is 0 Å². The number of carboxylic acids is 1. The van der Waals surface area contributed by atoms with E-state index in [-0.39, 0.29) is 6.54 Å². The van der Waals surface area contributed by atoms with Crippen LogP contribution >= 0.6 is 0 Å². The van der Waals surface area contributed by atoms with Gasteiger partial charge >= 0.3 is 5.97 Å². The molecule has 0 saturated carbocycles. The zero-order valence-corrected chi connectivity index (χ0v) is 9.93. The summed E-state index contributed by atoms with van der Waals surface area (Å²) in [5, 5.41) is 11.2. The van der Waals surface area contributed by atoms with Crippen molar-refractivity contribution in [3.8, 4) is 5.88 Å². The normalized spacial score (nSPS) is 10.3. The second-order valence-corrected chi connectivity index (χ2v) is 4.04. The van der Waals surface area contributed by atoms with Crippen LogP contribution in [-0.2, 0) is 4.79 Å². The molecule has 0 aliphatic heterocycles. The minimum absolute atomic E-state index is 0.194. The monoisotopic (exact) mass is 239 g/mol. The van der Waals surface area contributed by atoms with Crippen LogP contribution in [0.5, 0.6) is 5.88 Å². The van der Waals surface area contributed by atoms with E-state index in [0.717, 1.165) is 0 Å². The van der Waals surface area contributed by atoms with Crippen molar-refractivity contribution in [3.05, 3.63) is 12.1 Å². The number of hydrogen-bond acceptors (Lipinski definition) is 5.